The maximum atomic E-state index is 12.6. The molecule has 2 aliphatic carbocycles. The van der Waals surface area contributed by atoms with Crippen LogP contribution in [0.1, 0.15) is 37.7 Å². The van der Waals surface area contributed by atoms with Crippen molar-refractivity contribution in [2.24, 2.45) is 17.8 Å². The maximum absolute atomic E-state index is 12.6. The predicted octanol–water partition coefficient (Wildman–Crippen LogP) is 2.86. The molecular formula is C20H28N2O. The van der Waals surface area contributed by atoms with Gasteiger partial charge < -0.3 is 10.2 Å². The minimum Gasteiger partial charge on any atom is -0.352 e. The summed E-state index contributed by atoms with van der Waals surface area (Å²) in [6, 6.07) is 11.1. The number of carbonyl (C=O) groups excluding carboxylic acids is 1. The highest BCUT2D eigenvalue weighted by Crippen LogP contribution is 2.49. The molecule has 1 aromatic carbocycles. The first-order valence-electron chi connectivity index (χ1n) is 9.36. The molecule has 1 N–H and O–H groups in total. The van der Waals surface area contributed by atoms with E-state index in [-0.39, 0.29) is 0 Å². The van der Waals surface area contributed by atoms with Gasteiger partial charge in [-0.3, -0.25) is 4.79 Å². The van der Waals surface area contributed by atoms with Crippen LogP contribution in [0.4, 0.5) is 0 Å². The third-order valence-electron chi connectivity index (χ3n) is 6.31. The number of amides is 1. The van der Waals surface area contributed by atoms with Crippen LogP contribution < -0.4 is 5.32 Å². The number of carbonyl (C=O) groups is 1. The molecule has 2 bridgehead atoms. The Balaban J connectivity index is 1.23. The Morgan fingerprint density at radius 3 is 2.43 bits per heavy atom. The fourth-order valence-electron chi connectivity index (χ4n) is 5.06. The van der Waals surface area contributed by atoms with Crippen LogP contribution in [0.3, 0.4) is 0 Å². The van der Waals surface area contributed by atoms with Gasteiger partial charge >= 0.3 is 0 Å². The molecule has 1 heterocycles. The summed E-state index contributed by atoms with van der Waals surface area (Å²) < 4.78 is 0. The van der Waals surface area contributed by atoms with Crippen molar-refractivity contribution in [2.45, 2.75) is 44.6 Å². The topological polar surface area (TPSA) is 32.3 Å². The van der Waals surface area contributed by atoms with Gasteiger partial charge in [-0.1, -0.05) is 30.3 Å². The van der Waals surface area contributed by atoms with Gasteiger partial charge in [0.25, 0.3) is 0 Å². The molecule has 1 unspecified atom stereocenters. The van der Waals surface area contributed by atoms with Gasteiger partial charge in [0.2, 0.25) is 5.91 Å². The smallest absolute Gasteiger partial charge is 0.223 e. The number of likely N-dealkylation sites (tertiary alicyclic amines) is 1. The van der Waals surface area contributed by atoms with Gasteiger partial charge in [-0.15, -0.1) is 0 Å². The van der Waals surface area contributed by atoms with Gasteiger partial charge in [-0.25, -0.2) is 0 Å². The van der Waals surface area contributed by atoms with Gasteiger partial charge in [0.15, 0.2) is 0 Å². The van der Waals surface area contributed by atoms with Crippen molar-refractivity contribution in [3.63, 3.8) is 0 Å². The van der Waals surface area contributed by atoms with Crippen LogP contribution in [0.2, 0.25) is 0 Å². The van der Waals surface area contributed by atoms with Crippen molar-refractivity contribution in [1.29, 1.82) is 0 Å². The largest absolute Gasteiger partial charge is 0.352 e. The molecule has 1 aromatic rings. The molecular weight excluding hydrogens is 284 g/mol. The second-order valence-corrected chi connectivity index (χ2v) is 7.73. The summed E-state index contributed by atoms with van der Waals surface area (Å²) in [7, 11) is 0. The molecule has 124 valence electrons. The van der Waals surface area contributed by atoms with Crippen LogP contribution >= 0.6 is 0 Å². The first-order chi connectivity index (χ1) is 11.3. The lowest BCUT2D eigenvalue weighted by atomic mass is 9.96. The van der Waals surface area contributed by atoms with E-state index in [1.807, 2.05) is 0 Å². The van der Waals surface area contributed by atoms with E-state index in [0.29, 0.717) is 29.7 Å². The van der Waals surface area contributed by atoms with Gasteiger partial charge in [0.05, 0.1) is 0 Å². The Kier molecular flexibility index (Phi) is 4.39. The highest BCUT2D eigenvalue weighted by atomic mass is 16.2. The Labute approximate surface area is 139 Å². The Hall–Kier alpha value is -1.35. The number of fused-ring (bicyclic) bond motifs is 2. The lowest BCUT2D eigenvalue weighted by Crippen LogP contribution is -2.42. The molecule has 1 saturated heterocycles. The van der Waals surface area contributed by atoms with Crippen LogP contribution in [0.5, 0.6) is 0 Å². The van der Waals surface area contributed by atoms with Crippen LogP contribution in [-0.4, -0.2) is 36.5 Å². The van der Waals surface area contributed by atoms with E-state index >= 15 is 0 Å². The molecule has 23 heavy (non-hydrogen) atoms. The van der Waals surface area contributed by atoms with E-state index in [9.17, 15) is 4.79 Å². The average molecular weight is 312 g/mol. The van der Waals surface area contributed by atoms with E-state index in [1.165, 1.54) is 31.2 Å². The first kappa shape index (κ1) is 15.2. The van der Waals surface area contributed by atoms with Gasteiger partial charge in [0.1, 0.15) is 0 Å². The number of hydrogen-bond donors (Lipinski definition) is 1. The third-order valence-corrected chi connectivity index (χ3v) is 6.31. The van der Waals surface area contributed by atoms with Gasteiger partial charge in [0, 0.05) is 31.6 Å². The highest BCUT2D eigenvalue weighted by molar-refractivity contribution is 5.80. The lowest BCUT2D eigenvalue weighted by Gasteiger charge is -2.20. The second-order valence-electron chi connectivity index (χ2n) is 7.73. The fraction of sp³-hybridized carbons (Fsp3) is 0.650. The molecule has 1 atom stereocenters. The highest BCUT2D eigenvalue weighted by Gasteiger charge is 2.46. The summed E-state index contributed by atoms with van der Waals surface area (Å²) in [5.41, 5.74) is 1.41. The van der Waals surface area contributed by atoms with Gasteiger partial charge in [-0.2, -0.15) is 0 Å². The standard InChI is InChI=1S/C20H28N2O/c23-20(19-16-6-7-17(19)9-8-16)21-18-11-13-22(14-18)12-10-15-4-2-1-3-5-15/h1-5,16-19H,6-14H2,(H,21,23). The summed E-state index contributed by atoms with van der Waals surface area (Å²) in [5.74, 6) is 2.09. The Bertz CT molecular complexity index is 524. The second kappa shape index (κ2) is 6.64. The SMILES string of the molecule is O=C(NC1CCN(CCc2ccccc2)C1)C1C2CCC1CC2. The lowest BCUT2D eigenvalue weighted by molar-refractivity contribution is -0.127. The molecule has 0 aromatic heterocycles. The summed E-state index contributed by atoms with van der Waals surface area (Å²) in [6.07, 6.45) is 7.37. The fourth-order valence-corrected chi connectivity index (χ4v) is 5.06. The number of nitrogens with one attached hydrogen (secondary N) is 1. The zero-order valence-electron chi connectivity index (χ0n) is 13.9. The van der Waals surface area contributed by atoms with Gasteiger partial charge in [-0.05, 0) is 55.9 Å². The van der Waals surface area contributed by atoms with Crippen molar-refractivity contribution in [2.75, 3.05) is 19.6 Å². The van der Waals surface area contributed by atoms with E-state index in [1.54, 1.807) is 0 Å². The van der Waals surface area contributed by atoms with E-state index in [0.717, 1.165) is 32.5 Å². The number of hydrogen-bond acceptors (Lipinski definition) is 2. The third kappa shape index (κ3) is 3.30. The molecule has 3 nitrogen and oxygen atoms in total. The Morgan fingerprint density at radius 1 is 1.04 bits per heavy atom. The maximum Gasteiger partial charge on any atom is 0.223 e. The molecule has 1 aliphatic heterocycles. The van der Waals surface area contributed by atoms with Crippen molar-refractivity contribution < 1.29 is 4.79 Å². The van der Waals surface area contributed by atoms with Crippen LogP contribution in [0, 0.1) is 17.8 Å². The van der Waals surface area contributed by atoms with Crippen molar-refractivity contribution in [1.82, 2.24) is 10.2 Å². The zero-order chi connectivity index (χ0) is 15.6. The summed E-state index contributed by atoms with van der Waals surface area (Å²) in [5, 5.41) is 3.37. The molecule has 1 amide bonds. The first-order valence-corrected chi connectivity index (χ1v) is 9.36. The monoisotopic (exact) mass is 312 g/mol. The molecule has 3 aliphatic rings. The van der Waals surface area contributed by atoms with Crippen LogP contribution in [0.25, 0.3) is 0 Å². The molecule has 4 rings (SSSR count). The predicted molar refractivity (Wildman–Crippen MR) is 92.1 cm³/mol. The van der Waals surface area contributed by atoms with E-state index in [2.05, 4.69) is 40.5 Å². The van der Waals surface area contributed by atoms with Crippen molar-refractivity contribution in [3.05, 3.63) is 35.9 Å². The van der Waals surface area contributed by atoms with E-state index < -0.39 is 0 Å². The normalized spacial score (nSPS) is 33.2. The van der Waals surface area contributed by atoms with Crippen molar-refractivity contribution in [3.8, 4) is 0 Å². The minimum absolute atomic E-state index is 0.341. The number of benzene rings is 1. The zero-order valence-corrected chi connectivity index (χ0v) is 13.9. The molecule has 3 heteroatoms. The molecule has 0 radical (unpaired) electrons. The Morgan fingerprint density at radius 2 is 1.74 bits per heavy atom. The van der Waals surface area contributed by atoms with E-state index in [4.69, 9.17) is 0 Å². The van der Waals surface area contributed by atoms with Crippen LogP contribution in [-0.2, 0) is 11.2 Å². The minimum atomic E-state index is 0.341. The summed E-state index contributed by atoms with van der Waals surface area (Å²) in [4.78, 5) is 15.1. The molecule has 0 spiro atoms. The number of nitrogens with zero attached hydrogens (tertiary/aromatic N) is 1. The number of rotatable bonds is 5. The van der Waals surface area contributed by atoms with Crippen LogP contribution in [0.15, 0.2) is 30.3 Å². The summed E-state index contributed by atoms with van der Waals surface area (Å²) >= 11 is 0. The quantitative estimate of drug-likeness (QED) is 0.907. The molecule has 2 saturated carbocycles. The van der Waals surface area contributed by atoms with Crippen molar-refractivity contribution >= 4 is 5.91 Å². The molecule has 3 fully saturated rings. The summed E-state index contributed by atoms with van der Waals surface area (Å²) in [6.45, 7) is 3.25. The average Bonchev–Trinajstić information content (AvgIpc) is 3.29.